The summed E-state index contributed by atoms with van der Waals surface area (Å²) in [5.74, 6) is 0. The second-order valence-electron chi connectivity index (χ2n) is 6.04. The van der Waals surface area contributed by atoms with Gasteiger partial charge in [-0.3, -0.25) is 0 Å². The van der Waals surface area contributed by atoms with Crippen molar-refractivity contribution in [3.8, 4) is 0 Å². The van der Waals surface area contributed by atoms with Crippen LogP contribution < -0.4 is 5.73 Å². The van der Waals surface area contributed by atoms with Gasteiger partial charge in [-0.2, -0.15) is 4.31 Å². The van der Waals surface area contributed by atoms with E-state index in [0.717, 1.165) is 5.56 Å². The van der Waals surface area contributed by atoms with Crippen LogP contribution >= 0.6 is 12.4 Å². The molecule has 1 saturated heterocycles. The molecule has 0 radical (unpaired) electrons. The van der Waals surface area contributed by atoms with E-state index in [2.05, 4.69) is 0 Å². The second kappa shape index (κ2) is 6.02. The van der Waals surface area contributed by atoms with Gasteiger partial charge in [0.2, 0.25) is 10.0 Å². The average molecular weight is 319 g/mol. The SMILES string of the molecule is Cc1cccc(S(=O)(=O)N2CCC(N)C(C)(C)C2)c1.Cl. The maximum atomic E-state index is 12.6. The van der Waals surface area contributed by atoms with Crippen LogP contribution in [0.25, 0.3) is 0 Å². The molecule has 0 bridgehead atoms. The smallest absolute Gasteiger partial charge is 0.243 e. The van der Waals surface area contributed by atoms with Gasteiger partial charge in [0.05, 0.1) is 4.90 Å². The minimum atomic E-state index is -3.40. The summed E-state index contributed by atoms with van der Waals surface area (Å²) in [6.45, 7) is 6.92. The molecule has 114 valence electrons. The molecule has 2 rings (SSSR count). The van der Waals surface area contributed by atoms with Gasteiger partial charge in [0.25, 0.3) is 0 Å². The molecule has 0 amide bonds. The van der Waals surface area contributed by atoms with Gasteiger partial charge in [-0.15, -0.1) is 12.4 Å². The van der Waals surface area contributed by atoms with E-state index in [1.165, 1.54) is 0 Å². The van der Waals surface area contributed by atoms with Crippen LogP contribution in [-0.2, 0) is 10.0 Å². The molecule has 4 nitrogen and oxygen atoms in total. The van der Waals surface area contributed by atoms with Crippen molar-refractivity contribution in [3.63, 3.8) is 0 Å². The van der Waals surface area contributed by atoms with Crippen molar-refractivity contribution >= 4 is 22.4 Å². The van der Waals surface area contributed by atoms with Crippen LogP contribution in [0.5, 0.6) is 0 Å². The highest BCUT2D eigenvalue weighted by Crippen LogP contribution is 2.31. The molecule has 1 unspecified atom stereocenters. The predicted molar refractivity (Wildman–Crippen MR) is 83.6 cm³/mol. The highest BCUT2D eigenvalue weighted by molar-refractivity contribution is 7.89. The monoisotopic (exact) mass is 318 g/mol. The van der Waals surface area contributed by atoms with Crippen molar-refractivity contribution in [3.05, 3.63) is 29.8 Å². The van der Waals surface area contributed by atoms with Crippen LogP contribution in [0, 0.1) is 12.3 Å². The van der Waals surface area contributed by atoms with Gasteiger partial charge in [-0.25, -0.2) is 8.42 Å². The van der Waals surface area contributed by atoms with Crippen molar-refractivity contribution in [1.82, 2.24) is 4.31 Å². The third-order valence-corrected chi connectivity index (χ3v) is 5.75. The van der Waals surface area contributed by atoms with Gasteiger partial charge in [-0.05, 0) is 36.5 Å². The van der Waals surface area contributed by atoms with Crippen LogP contribution in [0.2, 0.25) is 0 Å². The Kier molecular flexibility index (Phi) is 5.24. The summed E-state index contributed by atoms with van der Waals surface area (Å²) in [4.78, 5) is 0.374. The first-order valence-corrected chi connectivity index (χ1v) is 8.00. The lowest BCUT2D eigenvalue weighted by atomic mass is 9.81. The van der Waals surface area contributed by atoms with Crippen molar-refractivity contribution in [2.24, 2.45) is 11.1 Å². The predicted octanol–water partition coefficient (Wildman–Crippen LogP) is 2.16. The van der Waals surface area contributed by atoms with Crippen molar-refractivity contribution in [2.75, 3.05) is 13.1 Å². The topological polar surface area (TPSA) is 63.4 Å². The summed E-state index contributed by atoms with van der Waals surface area (Å²) in [5, 5.41) is 0. The molecular weight excluding hydrogens is 296 g/mol. The number of aryl methyl sites for hydroxylation is 1. The molecule has 1 atom stereocenters. The number of nitrogens with two attached hydrogens (primary N) is 1. The number of halogens is 1. The fourth-order valence-electron chi connectivity index (χ4n) is 2.45. The van der Waals surface area contributed by atoms with Gasteiger partial charge in [0.15, 0.2) is 0 Å². The Morgan fingerprint density at radius 3 is 2.55 bits per heavy atom. The zero-order valence-electron chi connectivity index (χ0n) is 12.2. The molecule has 0 spiro atoms. The molecule has 1 aromatic rings. The summed E-state index contributed by atoms with van der Waals surface area (Å²) in [6, 6.07) is 7.11. The van der Waals surface area contributed by atoms with Crippen molar-refractivity contribution in [1.29, 1.82) is 0 Å². The normalized spacial score (nSPS) is 23.1. The van der Waals surface area contributed by atoms with E-state index >= 15 is 0 Å². The standard InChI is InChI=1S/C14H22N2O2S.ClH/c1-11-5-4-6-12(9-11)19(17,18)16-8-7-13(15)14(2,3)10-16;/h4-6,9,13H,7-8,10,15H2,1-3H3;1H. The first-order chi connectivity index (χ1) is 8.73. The maximum Gasteiger partial charge on any atom is 0.243 e. The van der Waals surface area contributed by atoms with Crippen LogP contribution in [0.1, 0.15) is 25.8 Å². The molecular formula is C14H23ClN2O2S. The average Bonchev–Trinajstić information content (AvgIpc) is 2.32. The Balaban J connectivity index is 0.00000200. The molecule has 0 aliphatic carbocycles. The number of piperidine rings is 1. The summed E-state index contributed by atoms with van der Waals surface area (Å²) in [5.41, 5.74) is 6.83. The van der Waals surface area contributed by atoms with Gasteiger partial charge < -0.3 is 5.73 Å². The summed E-state index contributed by atoms with van der Waals surface area (Å²) >= 11 is 0. The summed E-state index contributed by atoms with van der Waals surface area (Å²) < 4.78 is 26.8. The number of benzene rings is 1. The first-order valence-electron chi connectivity index (χ1n) is 6.56. The zero-order chi connectivity index (χ0) is 14.3. The van der Waals surface area contributed by atoms with E-state index in [1.807, 2.05) is 26.8 Å². The lowest BCUT2D eigenvalue weighted by molar-refractivity contribution is 0.155. The molecule has 0 saturated carbocycles. The van der Waals surface area contributed by atoms with Gasteiger partial charge in [-0.1, -0.05) is 26.0 Å². The molecule has 0 aromatic heterocycles. The third-order valence-electron chi connectivity index (χ3n) is 3.90. The highest BCUT2D eigenvalue weighted by Gasteiger charge is 2.38. The van der Waals surface area contributed by atoms with Gasteiger partial charge in [0.1, 0.15) is 0 Å². The minimum Gasteiger partial charge on any atom is -0.327 e. The molecule has 1 fully saturated rings. The summed E-state index contributed by atoms with van der Waals surface area (Å²) in [6.07, 6.45) is 0.706. The number of sulfonamides is 1. The zero-order valence-corrected chi connectivity index (χ0v) is 13.8. The second-order valence-corrected chi connectivity index (χ2v) is 7.98. The Bertz CT molecular complexity index is 572. The number of hydrogen-bond donors (Lipinski definition) is 1. The van der Waals surface area contributed by atoms with Crippen LogP contribution in [-0.4, -0.2) is 31.9 Å². The van der Waals surface area contributed by atoms with Gasteiger partial charge in [0, 0.05) is 19.1 Å². The number of nitrogens with zero attached hydrogens (tertiary/aromatic N) is 1. The molecule has 2 N–H and O–H groups in total. The number of hydrogen-bond acceptors (Lipinski definition) is 3. The van der Waals surface area contributed by atoms with Gasteiger partial charge >= 0.3 is 0 Å². The van der Waals surface area contributed by atoms with E-state index in [1.54, 1.807) is 22.5 Å². The fourth-order valence-corrected chi connectivity index (χ4v) is 4.19. The highest BCUT2D eigenvalue weighted by atomic mass is 35.5. The van der Waals surface area contributed by atoms with E-state index in [0.29, 0.717) is 24.4 Å². The fraction of sp³-hybridized carbons (Fsp3) is 0.571. The molecule has 20 heavy (non-hydrogen) atoms. The lowest BCUT2D eigenvalue weighted by Crippen LogP contribution is -2.53. The van der Waals surface area contributed by atoms with Crippen molar-refractivity contribution in [2.45, 2.75) is 38.1 Å². The Hall–Kier alpha value is -0.620. The molecule has 1 aliphatic heterocycles. The van der Waals surface area contributed by atoms with E-state index < -0.39 is 10.0 Å². The van der Waals surface area contributed by atoms with Crippen LogP contribution in [0.15, 0.2) is 29.2 Å². The molecule has 1 aromatic carbocycles. The lowest BCUT2D eigenvalue weighted by Gasteiger charge is -2.41. The Morgan fingerprint density at radius 1 is 1.35 bits per heavy atom. The minimum absolute atomic E-state index is 0. The maximum absolute atomic E-state index is 12.6. The van der Waals surface area contributed by atoms with Crippen molar-refractivity contribution < 1.29 is 8.42 Å². The number of rotatable bonds is 2. The quantitative estimate of drug-likeness (QED) is 0.909. The van der Waals surface area contributed by atoms with E-state index in [-0.39, 0.29) is 23.9 Å². The Labute approximate surface area is 127 Å². The summed E-state index contributed by atoms with van der Waals surface area (Å²) in [7, 11) is -3.40. The van der Waals surface area contributed by atoms with Crippen LogP contribution in [0.3, 0.4) is 0 Å². The molecule has 1 aliphatic rings. The molecule has 1 heterocycles. The third kappa shape index (κ3) is 3.34. The van der Waals surface area contributed by atoms with E-state index in [9.17, 15) is 8.42 Å². The first kappa shape index (κ1) is 17.4. The Morgan fingerprint density at radius 2 is 2.00 bits per heavy atom. The molecule has 6 heteroatoms. The largest absolute Gasteiger partial charge is 0.327 e. The van der Waals surface area contributed by atoms with E-state index in [4.69, 9.17) is 5.73 Å². The van der Waals surface area contributed by atoms with Crippen LogP contribution in [0.4, 0.5) is 0 Å².